The van der Waals surface area contributed by atoms with Gasteiger partial charge in [-0.1, -0.05) is 38.8 Å². The van der Waals surface area contributed by atoms with Crippen molar-refractivity contribution in [3.05, 3.63) is 35.6 Å². The highest BCUT2D eigenvalue weighted by Gasteiger charge is 2.31. The SMILES string of the molecule is CCCC(CN)(CCC)N(C)Cc1cccc(F)c1. The first-order valence-corrected chi connectivity index (χ1v) is 7.23. The highest BCUT2D eigenvalue weighted by atomic mass is 19.1. The smallest absolute Gasteiger partial charge is 0.123 e. The topological polar surface area (TPSA) is 29.3 Å². The van der Waals surface area contributed by atoms with Crippen LogP contribution in [0.2, 0.25) is 0 Å². The summed E-state index contributed by atoms with van der Waals surface area (Å²) in [6, 6.07) is 6.83. The Hall–Kier alpha value is -0.930. The molecule has 2 N–H and O–H groups in total. The lowest BCUT2D eigenvalue weighted by atomic mass is 9.86. The van der Waals surface area contributed by atoms with Crippen molar-refractivity contribution in [2.45, 2.75) is 51.6 Å². The monoisotopic (exact) mass is 266 g/mol. The summed E-state index contributed by atoms with van der Waals surface area (Å²) >= 11 is 0. The van der Waals surface area contributed by atoms with Crippen molar-refractivity contribution in [2.75, 3.05) is 13.6 Å². The maximum absolute atomic E-state index is 13.2. The minimum atomic E-state index is -0.171. The molecular formula is C16H27FN2. The Morgan fingerprint density at radius 3 is 2.32 bits per heavy atom. The van der Waals surface area contributed by atoms with Crippen LogP contribution in [-0.4, -0.2) is 24.0 Å². The number of rotatable bonds is 8. The van der Waals surface area contributed by atoms with Gasteiger partial charge in [0.15, 0.2) is 0 Å². The maximum Gasteiger partial charge on any atom is 0.123 e. The molecule has 0 atom stereocenters. The Kier molecular flexibility index (Phi) is 6.46. The Bertz CT molecular complexity index is 373. The number of nitrogens with zero attached hydrogens (tertiary/aromatic N) is 1. The lowest BCUT2D eigenvalue weighted by molar-refractivity contribution is 0.0954. The average molecular weight is 266 g/mol. The summed E-state index contributed by atoms with van der Waals surface area (Å²) in [5.74, 6) is -0.171. The molecule has 0 saturated heterocycles. The van der Waals surface area contributed by atoms with E-state index in [1.165, 1.54) is 6.07 Å². The first kappa shape index (κ1) is 16.1. The number of halogens is 1. The van der Waals surface area contributed by atoms with Gasteiger partial charge in [-0.15, -0.1) is 0 Å². The van der Waals surface area contributed by atoms with Crippen LogP contribution in [0.25, 0.3) is 0 Å². The van der Waals surface area contributed by atoms with Crippen LogP contribution in [0.3, 0.4) is 0 Å². The Morgan fingerprint density at radius 1 is 1.21 bits per heavy atom. The van der Waals surface area contributed by atoms with E-state index >= 15 is 0 Å². The van der Waals surface area contributed by atoms with Gasteiger partial charge in [0.1, 0.15) is 5.82 Å². The second-order valence-electron chi connectivity index (χ2n) is 5.41. The van der Waals surface area contributed by atoms with Crippen molar-refractivity contribution in [1.29, 1.82) is 0 Å². The first-order valence-electron chi connectivity index (χ1n) is 7.23. The van der Waals surface area contributed by atoms with Gasteiger partial charge in [-0.2, -0.15) is 0 Å². The molecule has 0 aliphatic heterocycles. The van der Waals surface area contributed by atoms with E-state index in [0.717, 1.165) is 37.8 Å². The van der Waals surface area contributed by atoms with Gasteiger partial charge in [-0.3, -0.25) is 4.90 Å². The third kappa shape index (κ3) is 4.29. The summed E-state index contributed by atoms with van der Waals surface area (Å²) in [4.78, 5) is 2.30. The third-order valence-electron chi connectivity index (χ3n) is 3.93. The molecule has 3 heteroatoms. The molecule has 108 valence electrons. The predicted molar refractivity (Wildman–Crippen MR) is 79.5 cm³/mol. The lowest BCUT2D eigenvalue weighted by Crippen LogP contribution is -2.51. The third-order valence-corrected chi connectivity index (χ3v) is 3.93. The minimum absolute atomic E-state index is 0.0375. The standard InChI is InChI=1S/C16H27FN2/c1-4-9-16(13-18,10-5-2)19(3)12-14-7-6-8-15(17)11-14/h6-8,11H,4-5,9-10,12-13,18H2,1-3H3. The highest BCUT2D eigenvalue weighted by molar-refractivity contribution is 5.16. The van der Waals surface area contributed by atoms with E-state index in [9.17, 15) is 4.39 Å². The number of likely N-dealkylation sites (N-methyl/N-ethyl adjacent to an activating group) is 1. The summed E-state index contributed by atoms with van der Waals surface area (Å²) in [7, 11) is 2.10. The van der Waals surface area contributed by atoms with Gasteiger partial charge in [0.05, 0.1) is 0 Å². The van der Waals surface area contributed by atoms with E-state index in [0.29, 0.717) is 6.54 Å². The van der Waals surface area contributed by atoms with Gasteiger partial charge in [0.2, 0.25) is 0 Å². The fraction of sp³-hybridized carbons (Fsp3) is 0.625. The van der Waals surface area contributed by atoms with Crippen molar-refractivity contribution in [2.24, 2.45) is 5.73 Å². The van der Waals surface area contributed by atoms with Crippen LogP contribution in [0.5, 0.6) is 0 Å². The van der Waals surface area contributed by atoms with Gasteiger partial charge in [-0.25, -0.2) is 4.39 Å². The molecule has 0 radical (unpaired) electrons. The molecule has 0 fully saturated rings. The van der Waals surface area contributed by atoms with E-state index < -0.39 is 0 Å². The second-order valence-corrected chi connectivity index (χ2v) is 5.41. The molecule has 1 aromatic rings. The van der Waals surface area contributed by atoms with Crippen molar-refractivity contribution in [1.82, 2.24) is 4.90 Å². The van der Waals surface area contributed by atoms with Crippen molar-refractivity contribution in [3.63, 3.8) is 0 Å². The van der Waals surface area contributed by atoms with Crippen LogP contribution < -0.4 is 5.73 Å². The summed E-state index contributed by atoms with van der Waals surface area (Å²) in [5, 5.41) is 0. The maximum atomic E-state index is 13.2. The molecular weight excluding hydrogens is 239 g/mol. The Labute approximate surface area is 116 Å². The number of nitrogens with two attached hydrogens (primary N) is 1. The van der Waals surface area contributed by atoms with E-state index in [4.69, 9.17) is 5.73 Å². The van der Waals surface area contributed by atoms with Crippen LogP contribution >= 0.6 is 0 Å². The van der Waals surface area contributed by atoms with E-state index in [1.807, 2.05) is 6.07 Å². The zero-order valence-corrected chi connectivity index (χ0v) is 12.5. The zero-order valence-electron chi connectivity index (χ0n) is 12.5. The van der Waals surface area contributed by atoms with E-state index in [-0.39, 0.29) is 11.4 Å². The quantitative estimate of drug-likeness (QED) is 0.779. The molecule has 0 bridgehead atoms. The van der Waals surface area contributed by atoms with Crippen LogP contribution in [0.4, 0.5) is 4.39 Å². The van der Waals surface area contributed by atoms with Crippen molar-refractivity contribution >= 4 is 0 Å². The molecule has 0 aromatic heterocycles. The van der Waals surface area contributed by atoms with Crippen molar-refractivity contribution in [3.8, 4) is 0 Å². The molecule has 0 spiro atoms. The summed E-state index contributed by atoms with van der Waals surface area (Å²) in [5.41, 5.74) is 7.09. The van der Waals surface area contributed by atoms with Gasteiger partial charge in [-0.05, 0) is 37.6 Å². The highest BCUT2D eigenvalue weighted by Crippen LogP contribution is 2.26. The summed E-state index contributed by atoms with van der Waals surface area (Å²) in [6.45, 7) is 5.78. The first-order chi connectivity index (χ1) is 9.07. The number of hydrogen-bond donors (Lipinski definition) is 1. The number of hydrogen-bond acceptors (Lipinski definition) is 2. The fourth-order valence-corrected chi connectivity index (χ4v) is 2.87. The largest absolute Gasteiger partial charge is 0.329 e. The molecule has 0 amide bonds. The molecule has 0 aliphatic rings. The number of benzene rings is 1. The molecule has 1 rings (SSSR count). The molecule has 1 aromatic carbocycles. The minimum Gasteiger partial charge on any atom is -0.329 e. The van der Waals surface area contributed by atoms with Crippen molar-refractivity contribution < 1.29 is 4.39 Å². The predicted octanol–water partition coefficient (Wildman–Crippen LogP) is 3.56. The van der Waals surface area contributed by atoms with Crippen LogP contribution in [-0.2, 0) is 6.54 Å². The molecule has 0 unspecified atom stereocenters. The van der Waals surface area contributed by atoms with E-state index in [1.54, 1.807) is 12.1 Å². The lowest BCUT2D eigenvalue weighted by Gasteiger charge is -2.41. The molecule has 0 aliphatic carbocycles. The van der Waals surface area contributed by atoms with Gasteiger partial charge >= 0.3 is 0 Å². The van der Waals surface area contributed by atoms with Gasteiger partial charge < -0.3 is 5.73 Å². The summed E-state index contributed by atoms with van der Waals surface area (Å²) < 4.78 is 13.2. The van der Waals surface area contributed by atoms with Crippen LogP contribution in [0.15, 0.2) is 24.3 Å². The Balaban J connectivity index is 2.84. The second kappa shape index (κ2) is 7.61. The van der Waals surface area contributed by atoms with Crippen LogP contribution in [0.1, 0.15) is 45.1 Å². The van der Waals surface area contributed by atoms with Crippen LogP contribution in [0, 0.1) is 5.82 Å². The fourth-order valence-electron chi connectivity index (χ4n) is 2.87. The Morgan fingerprint density at radius 2 is 1.84 bits per heavy atom. The van der Waals surface area contributed by atoms with Gasteiger partial charge in [0.25, 0.3) is 0 Å². The normalized spacial score (nSPS) is 12.1. The molecule has 19 heavy (non-hydrogen) atoms. The molecule has 0 heterocycles. The summed E-state index contributed by atoms with van der Waals surface area (Å²) in [6.07, 6.45) is 4.40. The molecule has 0 saturated carbocycles. The van der Waals surface area contributed by atoms with Gasteiger partial charge in [0, 0.05) is 18.6 Å². The zero-order chi connectivity index (χ0) is 14.3. The molecule has 2 nitrogen and oxygen atoms in total. The van der Waals surface area contributed by atoms with E-state index in [2.05, 4.69) is 25.8 Å². The average Bonchev–Trinajstić information content (AvgIpc) is 2.38.